The molecule has 0 aromatic heterocycles. The van der Waals surface area contributed by atoms with E-state index in [9.17, 15) is 9.59 Å². The molecule has 1 N–H and O–H groups in total. The summed E-state index contributed by atoms with van der Waals surface area (Å²) in [6.07, 6.45) is 0. The van der Waals surface area contributed by atoms with Gasteiger partial charge in [0, 0.05) is 26.2 Å². The number of hydrogen-bond acceptors (Lipinski definition) is 5. The van der Waals surface area contributed by atoms with Crippen molar-refractivity contribution in [3.8, 4) is 0 Å². The van der Waals surface area contributed by atoms with Gasteiger partial charge in [-0.25, -0.2) is 0 Å². The highest BCUT2D eigenvalue weighted by atomic mass is 16.5. The minimum atomic E-state index is -0.355. The minimum Gasteiger partial charge on any atom is -0.468 e. The number of rotatable bonds is 4. The van der Waals surface area contributed by atoms with Crippen molar-refractivity contribution in [1.29, 1.82) is 0 Å². The molecule has 0 bridgehead atoms. The average Bonchev–Trinajstić information content (AvgIpc) is 2.29. The number of ether oxygens (including phenoxy) is 1. The molecule has 1 heterocycles. The molecule has 0 aromatic rings. The average molecular weight is 229 g/mol. The smallest absolute Gasteiger partial charge is 0.319 e. The Balaban J connectivity index is 2.17. The number of esters is 1. The van der Waals surface area contributed by atoms with Crippen LogP contribution in [0.25, 0.3) is 0 Å². The van der Waals surface area contributed by atoms with Crippen LogP contribution in [0.3, 0.4) is 0 Å². The summed E-state index contributed by atoms with van der Waals surface area (Å²) >= 11 is 0. The van der Waals surface area contributed by atoms with E-state index >= 15 is 0 Å². The lowest BCUT2D eigenvalue weighted by Crippen LogP contribution is -2.49. The van der Waals surface area contributed by atoms with Gasteiger partial charge in [0.15, 0.2) is 0 Å². The summed E-state index contributed by atoms with van der Waals surface area (Å²) in [5.41, 5.74) is 0. The summed E-state index contributed by atoms with van der Waals surface area (Å²) in [5, 5.41) is 2.77. The quantitative estimate of drug-likeness (QED) is 0.596. The molecule has 0 spiro atoms. The van der Waals surface area contributed by atoms with Crippen LogP contribution in [-0.4, -0.2) is 75.1 Å². The number of piperazine rings is 1. The Bertz CT molecular complexity index is 250. The van der Waals surface area contributed by atoms with Crippen LogP contribution in [0.1, 0.15) is 0 Å². The van der Waals surface area contributed by atoms with Gasteiger partial charge in [-0.2, -0.15) is 0 Å². The summed E-state index contributed by atoms with van der Waals surface area (Å²) in [7, 11) is 3.36. The molecule has 0 atom stereocenters. The predicted octanol–water partition coefficient (Wildman–Crippen LogP) is -1.48. The monoisotopic (exact) mass is 229 g/mol. The fraction of sp³-hybridized carbons (Fsp3) is 0.800. The molecular weight excluding hydrogens is 210 g/mol. The summed E-state index contributed by atoms with van der Waals surface area (Å²) in [5.74, 6) is -0.316. The number of methoxy groups -OCH3 is 1. The van der Waals surface area contributed by atoms with Crippen molar-refractivity contribution in [2.24, 2.45) is 0 Å². The zero-order chi connectivity index (χ0) is 12.0. The summed E-state index contributed by atoms with van der Waals surface area (Å²) in [4.78, 5) is 26.5. The molecular formula is C10H19N3O3. The number of likely N-dealkylation sites (N-methyl/N-ethyl adjacent to an activating group) is 1. The number of hydrogen-bond donors (Lipinski definition) is 1. The van der Waals surface area contributed by atoms with Crippen LogP contribution in [0.15, 0.2) is 0 Å². The second-order valence-corrected chi connectivity index (χ2v) is 3.86. The summed E-state index contributed by atoms with van der Waals surface area (Å²) in [6, 6.07) is 0. The molecule has 0 aromatic carbocycles. The van der Waals surface area contributed by atoms with E-state index in [0.717, 1.165) is 26.2 Å². The first-order valence-corrected chi connectivity index (χ1v) is 5.37. The van der Waals surface area contributed by atoms with E-state index < -0.39 is 0 Å². The first-order valence-electron chi connectivity index (χ1n) is 5.37. The van der Waals surface area contributed by atoms with Gasteiger partial charge in [0.1, 0.15) is 0 Å². The molecule has 0 saturated carbocycles. The maximum absolute atomic E-state index is 11.7. The molecule has 1 fully saturated rings. The van der Waals surface area contributed by atoms with Crippen molar-refractivity contribution in [2.45, 2.75) is 0 Å². The van der Waals surface area contributed by atoms with Gasteiger partial charge in [0.2, 0.25) is 5.91 Å². The van der Waals surface area contributed by atoms with E-state index in [2.05, 4.69) is 15.0 Å². The molecule has 0 radical (unpaired) electrons. The highest BCUT2D eigenvalue weighted by molar-refractivity contribution is 5.79. The van der Waals surface area contributed by atoms with Crippen LogP contribution >= 0.6 is 0 Å². The van der Waals surface area contributed by atoms with Gasteiger partial charge in [-0.05, 0) is 7.05 Å². The molecule has 1 aliphatic heterocycles. The minimum absolute atomic E-state index is 0.0389. The highest BCUT2D eigenvalue weighted by Gasteiger charge is 2.18. The Morgan fingerprint density at radius 2 is 1.81 bits per heavy atom. The Morgan fingerprint density at radius 3 is 2.38 bits per heavy atom. The predicted molar refractivity (Wildman–Crippen MR) is 59.0 cm³/mol. The van der Waals surface area contributed by atoms with Crippen LogP contribution in [0.4, 0.5) is 0 Å². The molecule has 6 heteroatoms. The van der Waals surface area contributed by atoms with E-state index in [1.807, 2.05) is 11.9 Å². The van der Waals surface area contributed by atoms with Crippen molar-refractivity contribution in [1.82, 2.24) is 15.1 Å². The second-order valence-electron chi connectivity index (χ2n) is 3.86. The van der Waals surface area contributed by atoms with E-state index in [1.54, 1.807) is 0 Å². The van der Waals surface area contributed by atoms with Gasteiger partial charge >= 0.3 is 5.97 Å². The van der Waals surface area contributed by atoms with Crippen molar-refractivity contribution in [3.63, 3.8) is 0 Å². The lowest BCUT2D eigenvalue weighted by molar-refractivity contribution is -0.139. The maximum atomic E-state index is 11.7. The van der Waals surface area contributed by atoms with Crippen molar-refractivity contribution in [2.75, 3.05) is 53.4 Å². The maximum Gasteiger partial charge on any atom is 0.319 e. The Hall–Kier alpha value is -1.14. The van der Waals surface area contributed by atoms with Gasteiger partial charge in [-0.15, -0.1) is 0 Å². The largest absolute Gasteiger partial charge is 0.468 e. The molecule has 1 saturated heterocycles. The van der Waals surface area contributed by atoms with Crippen molar-refractivity contribution in [3.05, 3.63) is 0 Å². The van der Waals surface area contributed by atoms with Crippen LogP contribution in [0.5, 0.6) is 0 Å². The number of nitrogens with one attached hydrogen (secondary N) is 1. The Morgan fingerprint density at radius 1 is 1.19 bits per heavy atom. The zero-order valence-corrected chi connectivity index (χ0v) is 9.86. The molecule has 0 unspecified atom stereocenters. The molecule has 1 aliphatic rings. The van der Waals surface area contributed by atoms with Gasteiger partial charge < -0.3 is 14.5 Å². The second kappa shape index (κ2) is 6.44. The van der Waals surface area contributed by atoms with Gasteiger partial charge in [-0.3, -0.25) is 14.9 Å². The molecule has 1 amide bonds. The molecule has 0 aliphatic carbocycles. The first-order chi connectivity index (χ1) is 7.63. The van der Waals surface area contributed by atoms with Crippen molar-refractivity contribution < 1.29 is 14.3 Å². The number of carbonyl (C=O) groups is 2. The summed E-state index contributed by atoms with van der Waals surface area (Å²) in [6.45, 7) is 3.60. The SMILES string of the molecule is COC(=O)CNCC(=O)N1CCN(C)CC1. The summed E-state index contributed by atoms with van der Waals surface area (Å²) < 4.78 is 4.46. The fourth-order valence-corrected chi connectivity index (χ4v) is 1.51. The third-order valence-electron chi connectivity index (χ3n) is 2.63. The van der Waals surface area contributed by atoms with Gasteiger partial charge in [0.25, 0.3) is 0 Å². The third kappa shape index (κ3) is 4.16. The molecule has 1 rings (SSSR count). The standard InChI is InChI=1S/C10H19N3O3/c1-12-3-5-13(6-4-12)9(14)7-11-8-10(15)16-2/h11H,3-8H2,1-2H3. The van der Waals surface area contributed by atoms with Crippen LogP contribution in [0.2, 0.25) is 0 Å². The van der Waals surface area contributed by atoms with Crippen molar-refractivity contribution >= 4 is 11.9 Å². The van der Waals surface area contributed by atoms with Crippen LogP contribution in [-0.2, 0) is 14.3 Å². The lowest BCUT2D eigenvalue weighted by atomic mass is 10.3. The molecule has 16 heavy (non-hydrogen) atoms. The van der Waals surface area contributed by atoms with E-state index in [-0.39, 0.29) is 25.0 Å². The topological polar surface area (TPSA) is 61.9 Å². The zero-order valence-electron chi connectivity index (χ0n) is 9.86. The highest BCUT2D eigenvalue weighted by Crippen LogP contribution is 1.98. The normalized spacial score (nSPS) is 17.2. The van der Waals surface area contributed by atoms with Crippen LogP contribution in [0, 0.1) is 0 Å². The van der Waals surface area contributed by atoms with E-state index in [4.69, 9.17) is 0 Å². The Labute approximate surface area is 95.5 Å². The van der Waals surface area contributed by atoms with Crippen LogP contribution < -0.4 is 5.32 Å². The van der Waals surface area contributed by atoms with Gasteiger partial charge in [-0.1, -0.05) is 0 Å². The third-order valence-corrected chi connectivity index (χ3v) is 2.63. The number of carbonyl (C=O) groups excluding carboxylic acids is 2. The van der Waals surface area contributed by atoms with Gasteiger partial charge in [0.05, 0.1) is 20.2 Å². The first kappa shape index (κ1) is 12.9. The Kier molecular flexibility index (Phi) is 5.21. The van der Waals surface area contributed by atoms with E-state index in [1.165, 1.54) is 7.11 Å². The van der Waals surface area contributed by atoms with E-state index in [0.29, 0.717) is 0 Å². The fourth-order valence-electron chi connectivity index (χ4n) is 1.51. The lowest BCUT2D eigenvalue weighted by Gasteiger charge is -2.32. The molecule has 6 nitrogen and oxygen atoms in total. The molecule has 92 valence electrons. The number of nitrogens with zero attached hydrogens (tertiary/aromatic N) is 2. The number of amides is 1.